The topological polar surface area (TPSA) is 91.9 Å². The van der Waals surface area contributed by atoms with Gasteiger partial charge in [-0.3, -0.25) is 4.90 Å². The van der Waals surface area contributed by atoms with Crippen molar-refractivity contribution in [2.45, 2.75) is 57.3 Å². The molecule has 2 unspecified atom stereocenters. The van der Waals surface area contributed by atoms with Crippen LogP contribution in [0.3, 0.4) is 0 Å². The van der Waals surface area contributed by atoms with E-state index in [1.54, 1.807) is 30.3 Å². The number of aromatic amines is 1. The average molecular weight is 475 g/mol. The zero-order chi connectivity index (χ0) is 24.2. The van der Waals surface area contributed by atoms with Gasteiger partial charge in [0.25, 0.3) is 0 Å². The minimum absolute atomic E-state index is 0.245. The molecule has 7 nitrogen and oxygen atoms in total. The Morgan fingerprint density at radius 2 is 1.94 bits per heavy atom. The van der Waals surface area contributed by atoms with Gasteiger partial charge in [-0.05, 0) is 51.2 Å². The molecule has 2 saturated heterocycles. The number of nitrogens with one attached hydrogen (secondary N) is 1. The molecule has 4 heterocycles. The molecule has 35 heavy (non-hydrogen) atoms. The highest BCUT2D eigenvalue weighted by Crippen LogP contribution is 2.50. The summed E-state index contributed by atoms with van der Waals surface area (Å²) in [5.74, 6) is -0.645. The number of carboxylic acids is 1. The van der Waals surface area contributed by atoms with Crippen LogP contribution < -0.4 is 4.74 Å². The summed E-state index contributed by atoms with van der Waals surface area (Å²) in [6.07, 6.45) is 5.13. The Labute approximate surface area is 204 Å². The maximum Gasteiger partial charge on any atom is 0.349 e. The van der Waals surface area contributed by atoms with E-state index in [0.29, 0.717) is 22.7 Å². The molecule has 1 aromatic heterocycles. The van der Waals surface area contributed by atoms with Crippen LogP contribution in [0.1, 0.15) is 65.4 Å². The Balaban J connectivity index is 1.41. The third-order valence-corrected chi connectivity index (χ3v) is 8.08. The van der Waals surface area contributed by atoms with Crippen LogP contribution in [0.15, 0.2) is 42.5 Å². The number of hydrogen-bond acceptors (Lipinski definition) is 5. The van der Waals surface area contributed by atoms with Gasteiger partial charge < -0.3 is 19.6 Å². The number of aliphatic carboxylic acids is 1. The summed E-state index contributed by atoms with van der Waals surface area (Å²) in [6, 6.07) is 12.5. The summed E-state index contributed by atoms with van der Waals surface area (Å²) in [6.45, 7) is 3.98. The molecule has 2 fully saturated rings. The number of piperidine rings is 2. The van der Waals surface area contributed by atoms with Gasteiger partial charge >= 0.3 is 11.9 Å². The number of carboxylic acid groups (broad SMARTS) is 1. The lowest BCUT2D eigenvalue weighted by atomic mass is 9.74. The molecular formula is C28H30N2O5. The van der Waals surface area contributed by atoms with E-state index in [4.69, 9.17) is 9.47 Å². The molecule has 0 amide bonds. The maximum atomic E-state index is 13.5. The highest BCUT2D eigenvalue weighted by atomic mass is 16.6. The van der Waals surface area contributed by atoms with Crippen molar-refractivity contribution in [2.24, 2.45) is 5.92 Å². The van der Waals surface area contributed by atoms with Crippen molar-refractivity contribution < 1.29 is 24.2 Å². The number of benzene rings is 2. The van der Waals surface area contributed by atoms with Gasteiger partial charge in [0.2, 0.25) is 6.10 Å². The van der Waals surface area contributed by atoms with Crippen LogP contribution in [0.2, 0.25) is 0 Å². The van der Waals surface area contributed by atoms with E-state index in [2.05, 4.69) is 9.88 Å². The number of H-pyrrole nitrogens is 1. The summed E-state index contributed by atoms with van der Waals surface area (Å²) in [4.78, 5) is 31.3. The monoisotopic (exact) mass is 474 g/mol. The molecular weight excluding hydrogens is 444 g/mol. The summed E-state index contributed by atoms with van der Waals surface area (Å²) < 4.78 is 12.4. The molecule has 0 saturated carbocycles. The first-order chi connectivity index (χ1) is 17.0. The van der Waals surface area contributed by atoms with Gasteiger partial charge in [0.15, 0.2) is 5.72 Å². The van der Waals surface area contributed by atoms with Crippen molar-refractivity contribution in [3.05, 3.63) is 64.8 Å². The molecule has 3 aliphatic heterocycles. The fourth-order valence-electron chi connectivity index (χ4n) is 6.52. The lowest BCUT2D eigenvalue weighted by molar-refractivity contribution is -0.177. The second kappa shape index (κ2) is 8.41. The zero-order valence-corrected chi connectivity index (χ0v) is 19.9. The first kappa shape index (κ1) is 22.2. The Kier molecular flexibility index (Phi) is 5.33. The Hall–Kier alpha value is -3.32. The molecule has 3 atom stereocenters. The van der Waals surface area contributed by atoms with Gasteiger partial charge in [0.05, 0.1) is 5.56 Å². The fraction of sp³-hybridized carbons (Fsp3) is 0.429. The SMILES string of the molecule is Cc1[nH]c2ccc3c(c2c1C(=O)O[C@@H](C(=O)O)c1ccccc1)CC1CCCN2CCCCC12O3. The number of hydrogen-bond donors (Lipinski definition) is 2. The molecule has 6 rings (SSSR count). The van der Waals surface area contributed by atoms with Gasteiger partial charge in [0.1, 0.15) is 5.75 Å². The number of carbonyl (C=O) groups excluding carboxylic acids is 1. The number of aromatic nitrogens is 1. The molecule has 0 bridgehead atoms. The number of fused-ring (bicyclic) bond motifs is 3. The van der Waals surface area contributed by atoms with E-state index in [1.165, 1.54) is 12.8 Å². The lowest BCUT2D eigenvalue weighted by Gasteiger charge is -2.56. The van der Waals surface area contributed by atoms with Crippen LogP contribution in [0.25, 0.3) is 10.9 Å². The van der Waals surface area contributed by atoms with E-state index in [0.717, 1.165) is 61.0 Å². The van der Waals surface area contributed by atoms with Crippen molar-refractivity contribution in [2.75, 3.05) is 13.1 Å². The summed E-state index contributed by atoms with van der Waals surface area (Å²) in [7, 11) is 0. The molecule has 3 aliphatic rings. The standard InChI is InChI=1S/C28H30N2O5/c1-17-23(27(33)34-25(26(31)32)18-8-3-2-4-9-18)24-20-16-19-10-7-15-30-14-6-5-13-28(19,30)35-22(20)12-11-21(24)29-17/h2-4,8-9,11-12,19,25,29H,5-7,10,13-16H2,1H3,(H,31,32)/t19?,25-,28?/m1/s1. The molecule has 0 radical (unpaired) electrons. The second-order valence-corrected chi connectivity index (χ2v) is 10.1. The van der Waals surface area contributed by atoms with Crippen LogP contribution in [0.5, 0.6) is 5.75 Å². The van der Waals surface area contributed by atoms with E-state index in [9.17, 15) is 14.7 Å². The number of carbonyl (C=O) groups is 2. The van der Waals surface area contributed by atoms with E-state index < -0.39 is 18.0 Å². The van der Waals surface area contributed by atoms with Crippen molar-refractivity contribution >= 4 is 22.8 Å². The second-order valence-electron chi connectivity index (χ2n) is 10.1. The molecule has 1 spiro atoms. The van der Waals surface area contributed by atoms with Gasteiger partial charge in [-0.1, -0.05) is 30.3 Å². The summed E-state index contributed by atoms with van der Waals surface area (Å²) in [5.41, 5.74) is 3.11. The number of ether oxygens (including phenoxy) is 2. The first-order valence-corrected chi connectivity index (χ1v) is 12.5. The third kappa shape index (κ3) is 3.52. The molecule has 3 aromatic rings. The average Bonchev–Trinajstić information content (AvgIpc) is 3.21. The number of esters is 1. The molecule has 0 aliphatic carbocycles. The van der Waals surface area contributed by atoms with Crippen LogP contribution in [0.4, 0.5) is 0 Å². The Morgan fingerprint density at radius 3 is 2.74 bits per heavy atom. The maximum absolute atomic E-state index is 13.5. The zero-order valence-electron chi connectivity index (χ0n) is 19.9. The third-order valence-electron chi connectivity index (χ3n) is 8.08. The van der Waals surface area contributed by atoms with E-state index >= 15 is 0 Å². The van der Waals surface area contributed by atoms with Crippen molar-refractivity contribution in [1.82, 2.24) is 9.88 Å². The number of rotatable bonds is 4. The molecule has 7 heteroatoms. The van der Waals surface area contributed by atoms with Gasteiger partial charge in [-0.15, -0.1) is 0 Å². The molecule has 2 aromatic carbocycles. The van der Waals surface area contributed by atoms with Gasteiger partial charge in [-0.2, -0.15) is 0 Å². The van der Waals surface area contributed by atoms with Crippen LogP contribution in [0, 0.1) is 12.8 Å². The largest absolute Gasteiger partial charge is 0.478 e. The van der Waals surface area contributed by atoms with Crippen LogP contribution >= 0.6 is 0 Å². The minimum atomic E-state index is -1.37. The lowest BCUT2D eigenvalue weighted by Crippen LogP contribution is -2.64. The Morgan fingerprint density at radius 1 is 1.14 bits per heavy atom. The number of nitrogens with zero attached hydrogens (tertiary/aromatic N) is 1. The van der Waals surface area contributed by atoms with Crippen LogP contribution in [-0.2, 0) is 16.0 Å². The highest BCUT2D eigenvalue weighted by Gasteiger charge is 2.52. The van der Waals surface area contributed by atoms with Gasteiger partial charge in [-0.25, -0.2) is 9.59 Å². The van der Waals surface area contributed by atoms with Crippen molar-refractivity contribution in [1.29, 1.82) is 0 Å². The quantitative estimate of drug-likeness (QED) is 0.518. The fourth-order valence-corrected chi connectivity index (χ4v) is 6.52. The van der Waals surface area contributed by atoms with Crippen molar-refractivity contribution in [3.8, 4) is 5.75 Å². The minimum Gasteiger partial charge on any atom is -0.478 e. The van der Waals surface area contributed by atoms with Crippen molar-refractivity contribution in [3.63, 3.8) is 0 Å². The molecule has 182 valence electrons. The van der Waals surface area contributed by atoms with Gasteiger partial charge in [0, 0.05) is 53.2 Å². The normalized spacial score (nSPS) is 24.5. The Bertz CT molecular complexity index is 1300. The summed E-state index contributed by atoms with van der Waals surface area (Å²) >= 11 is 0. The van der Waals surface area contributed by atoms with E-state index in [1.807, 2.05) is 19.1 Å². The van der Waals surface area contributed by atoms with E-state index in [-0.39, 0.29) is 5.72 Å². The molecule has 2 N–H and O–H groups in total. The first-order valence-electron chi connectivity index (χ1n) is 12.5. The summed E-state index contributed by atoms with van der Waals surface area (Å²) in [5, 5.41) is 10.6. The number of aryl methyl sites for hydroxylation is 1. The van der Waals surface area contributed by atoms with Crippen LogP contribution in [-0.4, -0.2) is 45.7 Å². The highest BCUT2D eigenvalue weighted by molar-refractivity contribution is 6.08. The predicted octanol–water partition coefficient (Wildman–Crippen LogP) is 4.99. The predicted molar refractivity (Wildman–Crippen MR) is 130 cm³/mol. The smallest absolute Gasteiger partial charge is 0.349 e.